The average Bonchev–Trinajstić information content (AvgIpc) is 2.94. The number of anilines is 2. The van der Waals surface area contributed by atoms with Crippen molar-refractivity contribution < 1.29 is 4.74 Å². The van der Waals surface area contributed by atoms with E-state index in [-0.39, 0.29) is 0 Å². The maximum Gasteiger partial charge on any atom is 0.323 e. The lowest BCUT2D eigenvalue weighted by atomic mass is 10.0. The SMILES string of the molecule is CCCOc1nc(NN)nc(N2CCC(CCC)C2)n1. The van der Waals surface area contributed by atoms with Crippen molar-refractivity contribution in [2.75, 3.05) is 30.0 Å². The van der Waals surface area contributed by atoms with Gasteiger partial charge in [-0.3, -0.25) is 5.43 Å². The zero-order chi connectivity index (χ0) is 14.4. The minimum atomic E-state index is 0.337. The highest BCUT2D eigenvalue weighted by atomic mass is 16.5. The Morgan fingerprint density at radius 3 is 2.85 bits per heavy atom. The zero-order valence-corrected chi connectivity index (χ0v) is 12.3. The van der Waals surface area contributed by atoms with E-state index in [9.17, 15) is 0 Å². The van der Waals surface area contributed by atoms with Gasteiger partial charge in [0.15, 0.2) is 0 Å². The smallest absolute Gasteiger partial charge is 0.323 e. The zero-order valence-electron chi connectivity index (χ0n) is 12.3. The van der Waals surface area contributed by atoms with E-state index in [0.717, 1.165) is 25.4 Å². The predicted octanol–water partition coefficient (Wildman–Crippen LogP) is 1.57. The number of ether oxygens (including phenoxy) is 1. The minimum Gasteiger partial charge on any atom is -0.463 e. The van der Waals surface area contributed by atoms with Crippen LogP contribution in [0.3, 0.4) is 0 Å². The van der Waals surface area contributed by atoms with E-state index >= 15 is 0 Å². The van der Waals surface area contributed by atoms with Crippen LogP contribution in [0.5, 0.6) is 6.01 Å². The fourth-order valence-corrected chi connectivity index (χ4v) is 2.47. The molecule has 1 aliphatic heterocycles. The van der Waals surface area contributed by atoms with Crippen molar-refractivity contribution >= 4 is 11.9 Å². The van der Waals surface area contributed by atoms with Crippen LogP contribution in [0.1, 0.15) is 39.5 Å². The minimum absolute atomic E-state index is 0.337. The van der Waals surface area contributed by atoms with Crippen molar-refractivity contribution in [3.05, 3.63) is 0 Å². The van der Waals surface area contributed by atoms with Gasteiger partial charge in [-0.05, 0) is 25.2 Å². The van der Waals surface area contributed by atoms with Crippen LogP contribution in [0.25, 0.3) is 0 Å². The molecule has 1 aromatic rings. The summed E-state index contributed by atoms with van der Waals surface area (Å²) in [4.78, 5) is 15.0. The molecular formula is C13H24N6O. The predicted molar refractivity (Wildman–Crippen MR) is 78.7 cm³/mol. The first-order chi connectivity index (χ1) is 9.76. The van der Waals surface area contributed by atoms with Crippen molar-refractivity contribution in [1.82, 2.24) is 15.0 Å². The van der Waals surface area contributed by atoms with Gasteiger partial charge in [0, 0.05) is 13.1 Å². The van der Waals surface area contributed by atoms with Crippen LogP contribution in [0.4, 0.5) is 11.9 Å². The lowest BCUT2D eigenvalue weighted by Crippen LogP contribution is -2.24. The summed E-state index contributed by atoms with van der Waals surface area (Å²) in [6, 6.07) is 0.337. The molecule has 112 valence electrons. The molecule has 1 unspecified atom stereocenters. The Morgan fingerprint density at radius 1 is 1.30 bits per heavy atom. The van der Waals surface area contributed by atoms with Gasteiger partial charge in [0.2, 0.25) is 11.9 Å². The highest BCUT2D eigenvalue weighted by Gasteiger charge is 2.24. The Bertz CT molecular complexity index is 427. The van der Waals surface area contributed by atoms with Crippen LogP contribution < -0.4 is 20.9 Å². The summed E-state index contributed by atoms with van der Waals surface area (Å²) in [5.41, 5.74) is 2.48. The second kappa shape index (κ2) is 7.23. The number of hydrogen-bond acceptors (Lipinski definition) is 7. The molecule has 7 heteroatoms. The first-order valence-corrected chi connectivity index (χ1v) is 7.37. The van der Waals surface area contributed by atoms with E-state index in [1.165, 1.54) is 19.3 Å². The third-order valence-corrected chi connectivity index (χ3v) is 3.43. The molecule has 1 saturated heterocycles. The molecular weight excluding hydrogens is 256 g/mol. The maximum atomic E-state index is 5.49. The van der Waals surface area contributed by atoms with Gasteiger partial charge in [0.1, 0.15) is 0 Å². The first kappa shape index (κ1) is 14.8. The molecule has 2 rings (SSSR count). The Morgan fingerprint density at radius 2 is 2.15 bits per heavy atom. The molecule has 1 aliphatic rings. The number of nitrogens with two attached hydrogens (primary N) is 1. The van der Waals surface area contributed by atoms with Gasteiger partial charge in [0.25, 0.3) is 0 Å². The number of aromatic nitrogens is 3. The standard InChI is InChI=1S/C13H24N6O/c1-3-5-10-6-7-19(9-10)12-15-11(18-14)16-13(17-12)20-8-4-2/h10H,3-9,14H2,1-2H3,(H,15,16,17,18). The molecule has 0 saturated carbocycles. The largest absolute Gasteiger partial charge is 0.463 e. The van der Waals surface area contributed by atoms with Crippen molar-refractivity contribution in [1.29, 1.82) is 0 Å². The second-order valence-corrected chi connectivity index (χ2v) is 5.12. The van der Waals surface area contributed by atoms with Gasteiger partial charge in [-0.2, -0.15) is 15.0 Å². The van der Waals surface area contributed by atoms with Gasteiger partial charge < -0.3 is 9.64 Å². The van der Waals surface area contributed by atoms with E-state index in [0.29, 0.717) is 24.5 Å². The van der Waals surface area contributed by atoms with Crippen LogP contribution in [0, 0.1) is 5.92 Å². The molecule has 0 amide bonds. The van der Waals surface area contributed by atoms with E-state index in [1.807, 2.05) is 6.92 Å². The van der Waals surface area contributed by atoms with Gasteiger partial charge in [-0.25, -0.2) is 5.84 Å². The van der Waals surface area contributed by atoms with Crippen LogP contribution in [0.2, 0.25) is 0 Å². The van der Waals surface area contributed by atoms with Crippen LogP contribution in [0.15, 0.2) is 0 Å². The Hall–Kier alpha value is -1.63. The first-order valence-electron chi connectivity index (χ1n) is 7.37. The number of rotatable bonds is 7. The molecule has 3 N–H and O–H groups in total. The lowest BCUT2D eigenvalue weighted by molar-refractivity contribution is 0.292. The van der Waals surface area contributed by atoms with Crippen LogP contribution in [-0.4, -0.2) is 34.6 Å². The monoisotopic (exact) mass is 280 g/mol. The van der Waals surface area contributed by atoms with Crippen molar-refractivity contribution in [2.45, 2.75) is 39.5 Å². The van der Waals surface area contributed by atoms with E-state index in [4.69, 9.17) is 10.6 Å². The molecule has 2 heterocycles. The summed E-state index contributed by atoms with van der Waals surface area (Å²) in [6.45, 7) is 6.83. The third-order valence-electron chi connectivity index (χ3n) is 3.43. The van der Waals surface area contributed by atoms with E-state index < -0.39 is 0 Å². The van der Waals surface area contributed by atoms with Gasteiger partial charge in [-0.15, -0.1) is 0 Å². The molecule has 0 aromatic carbocycles. The Kier molecular flexibility index (Phi) is 5.34. The molecule has 20 heavy (non-hydrogen) atoms. The van der Waals surface area contributed by atoms with Crippen molar-refractivity contribution in [3.63, 3.8) is 0 Å². The van der Waals surface area contributed by atoms with Crippen LogP contribution >= 0.6 is 0 Å². The summed E-state index contributed by atoms with van der Waals surface area (Å²) in [7, 11) is 0. The summed E-state index contributed by atoms with van der Waals surface area (Å²) >= 11 is 0. The fourth-order valence-electron chi connectivity index (χ4n) is 2.47. The topological polar surface area (TPSA) is 89.2 Å². The van der Waals surface area contributed by atoms with Crippen molar-refractivity contribution in [3.8, 4) is 6.01 Å². The molecule has 0 aliphatic carbocycles. The van der Waals surface area contributed by atoms with E-state index in [2.05, 4.69) is 32.2 Å². The van der Waals surface area contributed by atoms with Gasteiger partial charge in [0.05, 0.1) is 6.61 Å². The third kappa shape index (κ3) is 3.69. The Labute approximate surface area is 119 Å². The quantitative estimate of drug-likeness (QED) is 0.579. The highest BCUT2D eigenvalue weighted by Crippen LogP contribution is 2.25. The number of nitrogens with one attached hydrogen (secondary N) is 1. The maximum absolute atomic E-state index is 5.49. The summed E-state index contributed by atoms with van der Waals surface area (Å²) in [6.07, 6.45) is 4.57. The molecule has 0 bridgehead atoms. The lowest BCUT2D eigenvalue weighted by Gasteiger charge is -2.17. The number of hydrogen-bond donors (Lipinski definition) is 2. The molecule has 0 radical (unpaired) electrons. The molecule has 7 nitrogen and oxygen atoms in total. The molecule has 1 aromatic heterocycles. The van der Waals surface area contributed by atoms with Crippen molar-refractivity contribution in [2.24, 2.45) is 11.8 Å². The van der Waals surface area contributed by atoms with Gasteiger partial charge in [-0.1, -0.05) is 20.3 Å². The molecule has 1 atom stereocenters. The molecule has 0 spiro atoms. The van der Waals surface area contributed by atoms with Crippen LogP contribution in [-0.2, 0) is 0 Å². The molecule has 1 fully saturated rings. The fraction of sp³-hybridized carbons (Fsp3) is 0.769. The number of nitrogens with zero attached hydrogens (tertiary/aromatic N) is 4. The number of nitrogen functional groups attached to an aromatic ring is 1. The normalized spacial score (nSPS) is 18.4. The van der Waals surface area contributed by atoms with Gasteiger partial charge >= 0.3 is 6.01 Å². The average molecular weight is 280 g/mol. The van der Waals surface area contributed by atoms with E-state index in [1.54, 1.807) is 0 Å². The Balaban J connectivity index is 2.10. The number of hydrazine groups is 1. The second-order valence-electron chi connectivity index (χ2n) is 5.12. The summed E-state index contributed by atoms with van der Waals surface area (Å²) < 4.78 is 5.49. The summed E-state index contributed by atoms with van der Waals surface area (Å²) in [5.74, 6) is 7.14. The summed E-state index contributed by atoms with van der Waals surface area (Å²) in [5, 5.41) is 0. The highest BCUT2D eigenvalue weighted by molar-refractivity contribution is 5.38.